The number of allylic oxidation sites excluding steroid dienone is 4. The maximum Gasteiger partial charge on any atom is 0.341 e. The van der Waals surface area contributed by atoms with Gasteiger partial charge in [0.25, 0.3) is 0 Å². The maximum atomic E-state index is 14.4. The Morgan fingerprint density at radius 1 is 1.07 bits per heavy atom. The lowest BCUT2D eigenvalue weighted by molar-refractivity contribution is -0.138. The largest absolute Gasteiger partial charge is 0.501 e. The summed E-state index contributed by atoms with van der Waals surface area (Å²) >= 11 is 0. The van der Waals surface area contributed by atoms with Crippen molar-refractivity contribution < 1.29 is 14.3 Å². The lowest BCUT2D eigenvalue weighted by atomic mass is 9.87. The number of esters is 1. The second kappa shape index (κ2) is 10.3. The Bertz CT molecular complexity index is 1750. The minimum Gasteiger partial charge on any atom is -0.501 e. The number of para-hydroxylation sites is 1. The summed E-state index contributed by atoms with van der Waals surface area (Å²) in [6.45, 7) is 3.91. The summed E-state index contributed by atoms with van der Waals surface area (Å²) in [5.74, 6) is 1.17. The van der Waals surface area contributed by atoms with Crippen molar-refractivity contribution in [3.63, 3.8) is 0 Å². The number of anilines is 1. The molecule has 0 saturated heterocycles. The van der Waals surface area contributed by atoms with Crippen LogP contribution >= 0.6 is 0 Å². The highest BCUT2D eigenvalue weighted by molar-refractivity contribution is 6.08. The fraction of sp³-hybridized carbons (Fsp3) is 0.226. The Morgan fingerprint density at radius 2 is 1.80 bits per heavy atom. The van der Waals surface area contributed by atoms with Crippen molar-refractivity contribution in [2.24, 2.45) is 0 Å². The number of carbonyl (C=O) groups excluding carboxylic acids is 1. The monoisotopic (exact) mass is 535 g/mol. The molecule has 0 radical (unpaired) electrons. The summed E-state index contributed by atoms with van der Waals surface area (Å²) in [4.78, 5) is 27.8. The van der Waals surface area contributed by atoms with Crippen LogP contribution in [0.4, 0.5) is 5.82 Å². The van der Waals surface area contributed by atoms with Crippen LogP contribution in [-0.2, 0) is 14.3 Å². The van der Waals surface area contributed by atoms with Crippen LogP contribution in [0, 0.1) is 0 Å². The number of rotatable bonds is 6. The molecule has 2 atom stereocenters. The molecule has 1 N–H and O–H groups in total. The molecule has 3 heterocycles. The molecule has 40 heavy (non-hydrogen) atoms. The van der Waals surface area contributed by atoms with Crippen LogP contribution in [0.3, 0.4) is 0 Å². The van der Waals surface area contributed by atoms with Gasteiger partial charge in [0.1, 0.15) is 11.6 Å². The molecule has 6 rings (SSSR count). The van der Waals surface area contributed by atoms with Gasteiger partial charge in [0.2, 0.25) is 0 Å². The molecule has 1 aliphatic carbocycles. The lowest BCUT2D eigenvalue weighted by Crippen LogP contribution is -2.37. The van der Waals surface area contributed by atoms with E-state index in [-0.39, 0.29) is 18.2 Å². The van der Waals surface area contributed by atoms with Crippen LogP contribution in [-0.4, -0.2) is 44.9 Å². The normalized spacial score (nSPS) is 18.2. The first-order valence-corrected chi connectivity index (χ1v) is 13.3. The van der Waals surface area contributed by atoms with Crippen LogP contribution in [0.5, 0.6) is 0 Å². The van der Waals surface area contributed by atoms with Gasteiger partial charge in [-0.2, -0.15) is 0 Å². The molecule has 4 aromatic rings. The van der Waals surface area contributed by atoms with Crippen molar-refractivity contribution >= 4 is 23.0 Å². The Hall–Kier alpha value is -4.92. The molecule has 2 aliphatic rings. The third-order valence-corrected chi connectivity index (χ3v) is 7.27. The van der Waals surface area contributed by atoms with Gasteiger partial charge in [-0.3, -0.25) is 0 Å². The number of carbonyl (C=O) groups is 1. The van der Waals surface area contributed by atoms with Gasteiger partial charge in [-0.05, 0) is 37.6 Å². The van der Waals surface area contributed by atoms with E-state index in [0.717, 1.165) is 11.3 Å². The molecule has 1 aliphatic heterocycles. The molecule has 2 aromatic carbocycles. The second-order valence-electron chi connectivity index (χ2n) is 9.67. The molecular weight excluding hydrogens is 506 g/mol. The Kier molecular flexibility index (Phi) is 6.55. The van der Waals surface area contributed by atoms with Crippen molar-refractivity contribution in [3.05, 3.63) is 118 Å². The first-order valence-electron chi connectivity index (χ1n) is 13.3. The van der Waals surface area contributed by atoms with Gasteiger partial charge in [0.05, 0.1) is 42.3 Å². The standard InChI is InChI=1S/C31H29N5O4/c1-4-40-30(37)24-19(2)32-28-26(25(24)20-12-7-5-8-13-20)29-34-33-27(21-14-11-17-23(18-21)39-3)36(29)31(38)35(28)22-15-9-6-10-16-22/h5-17,19,21,32H,4,18H2,1-3H3. The number of fused-ring (bicyclic) bond motifs is 3. The van der Waals surface area contributed by atoms with Crippen molar-refractivity contribution in [1.29, 1.82) is 0 Å². The van der Waals surface area contributed by atoms with E-state index in [4.69, 9.17) is 9.47 Å². The van der Waals surface area contributed by atoms with Gasteiger partial charge in [0, 0.05) is 17.9 Å². The zero-order valence-corrected chi connectivity index (χ0v) is 22.5. The number of hydrogen-bond donors (Lipinski definition) is 1. The maximum absolute atomic E-state index is 14.4. The van der Waals surface area contributed by atoms with E-state index in [1.165, 1.54) is 0 Å². The Balaban J connectivity index is 1.73. The lowest BCUT2D eigenvalue weighted by Gasteiger charge is -2.31. The summed E-state index contributed by atoms with van der Waals surface area (Å²) in [5, 5.41) is 12.6. The molecule has 0 bridgehead atoms. The van der Waals surface area contributed by atoms with Crippen LogP contribution in [0.1, 0.15) is 43.1 Å². The smallest absolute Gasteiger partial charge is 0.341 e. The highest BCUT2D eigenvalue weighted by Crippen LogP contribution is 2.41. The van der Waals surface area contributed by atoms with Gasteiger partial charge in [0.15, 0.2) is 5.65 Å². The first kappa shape index (κ1) is 25.4. The van der Waals surface area contributed by atoms with Gasteiger partial charge in [-0.15, -0.1) is 10.2 Å². The van der Waals surface area contributed by atoms with Gasteiger partial charge in [-0.25, -0.2) is 18.6 Å². The van der Waals surface area contributed by atoms with E-state index in [1.54, 1.807) is 23.0 Å². The van der Waals surface area contributed by atoms with Gasteiger partial charge < -0.3 is 14.8 Å². The quantitative estimate of drug-likeness (QED) is 0.359. The predicted octanol–water partition coefficient (Wildman–Crippen LogP) is 4.63. The highest BCUT2D eigenvalue weighted by atomic mass is 16.5. The van der Waals surface area contributed by atoms with Crippen LogP contribution < -0.4 is 11.0 Å². The molecule has 2 aromatic heterocycles. The van der Waals surface area contributed by atoms with E-state index >= 15 is 0 Å². The molecule has 202 valence electrons. The van der Waals surface area contributed by atoms with Crippen LogP contribution in [0.2, 0.25) is 0 Å². The Labute approximate surface area is 231 Å². The van der Waals surface area contributed by atoms with Crippen LogP contribution in [0.15, 0.2) is 95.0 Å². The molecular formula is C31H29N5O4. The summed E-state index contributed by atoms with van der Waals surface area (Å²) in [5.41, 5.74) is 3.27. The summed E-state index contributed by atoms with van der Waals surface area (Å²) in [6.07, 6.45) is 6.33. The predicted molar refractivity (Wildman–Crippen MR) is 152 cm³/mol. The second-order valence-corrected chi connectivity index (χ2v) is 9.67. The summed E-state index contributed by atoms with van der Waals surface area (Å²) in [6, 6.07) is 18.6. The number of ether oxygens (including phenoxy) is 2. The molecule has 9 heteroatoms. The minimum atomic E-state index is -0.448. The third kappa shape index (κ3) is 4.10. The number of benzene rings is 2. The van der Waals surface area contributed by atoms with E-state index in [2.05, 4.69) is 15.5 Å². The number of methoxy groups -OCH3 is 1. The third-order valence-electron chi connectivity index (χ3n) is 7.27. The SMILES string of the molecule is CCOC(=O)C1=C(c2ccccc2)c2c(n(-c3ccccc3)c(=O)n3c(C4C=CC=C(OC)C4)nnc23)NC1C. The fourth-order valence-corrected chi connectivity index (χ4v) is 5.48. The summed E-state index contributed by atoms with van der Waals surface area (Å²) in [7, 11) is 1.63. The zero-order valence-electron chi connectivity index (χ0n) is 22.5. The fourth-order valence-electron chi connectivity index (χ4n) is 5.48. The minimum absolute atomic E-state index is 0.228. The zero-order chi connectivity index (χ0) is 27.8. The van der Waals surface area contributed by atoms with Crippen molar-refractivity contribution in [2.45, 2.75) is 32.2 Å². The van der Waals surface area contributed by atoms with Crippen LogP contribution in [0.25, 0.3) is 16.9 Å². The number of hydrogen-bond acceptors (Lipinski definition) is 7. The molecule has 9 nitrogen and oxygen atoms in total. The molecule has 2 unspecified atom stereocenters. The topological polar surface area (TPSA) is 99.8 Å². The highest BCUT2D eigenvalue weighted by Gasteiger charge is 2.36. The van der Waals surface area contributed by atoms with Crippen molar-refractivity contribution in [1.82, 2.24) is 19.2 Å². The van der Waals surface area contributed by atoms with Crippen molar-refractivity contribution in [3.8, 4) is 5.69 Å². The summed E-state index contributed by atoms with van der Waals surface area (Å²) < 4.78 is 14.2. The van der Waals surface area contributed by atoms with Crippen molar-refractivity contribution in [2.75, 3.05) is 19.0 Å². The van der Waals surface area contributed by atoms with E-state index in [1.807, 2.05) is 85.8 Å². The van der Waals surface area contributed by atoms with E-state index in [0.29, 0.717) is 46.1 Å². The molecule has 0 saturated carbocycles. The molecule has 0 fully saturated rings. The Morgan fingerprint density at radius 3 is 2.50 bits per heavy atom. The number of aromatic nitrogens is 4. The van der Waals surface area contributed by atoms with Gasteiger partial charge >= 0.3 is 11.7 Å². The number of nitrogens with one attached hydrogen (secondary N) is 1. The first-order chi connectivity index (χ1) is 19.5. The molecule has 0 amide bonds. The van der Waals surface area contributed by atoms with Gasteiger partial charge in [-0.1, -0.05) is 60.7 Å². The van der Waals surface area contributed by atoms with E-state index < -0.39 is 12.0 Å². The number of nitrogens with zero attached hydrogens (tertiary/aromatic N) is 4. The van der Waals surface area contributed by atoms with E-state index in [9.17, 15) is 9.59 Å². The average Bonchev–Trinajstić information content (AvgIpc) is 3.43. The molecule has 0 spiro atoms. The average molecular weight is 536 g/mol.